The van der Waals surface area contributed by atoms with Gasteiger partial charge in [0.15, 0.2) is 0 Å². The largest absolute Gasteiger partial charge is 0.346 e. The second kappa shape index (κ2) is 5.97. The fourth-order valence-electron chi connectivity index (χ4n) is 1.48. The molecule has 0 saturated heterocycles. The van der Waals surface area contributed by atoms with Crippen molar-refractivity contribution >= 4 is 23.1 Å². The van der Waals surface area contributed by atoms with Crippen LogP contribution in [0.2, 0.25) is 0 Å². The van der Waals surface area contributed by atoms with Crippen molar-refractivity contribution in [2.24, 2.45) is 0 Å². The average Bonchev–Trinajstić information content (AvgIpc) is 2.41. The highest BCUT2D eigenvalue weighted by molar-refractivity contribution is 7.71. The zero-order valence-corrected chi connectivity index (χ0v) is 10.2. The van der Waals surface area contributed by atoms with Crippen molar-refractivity contribution in [2.45, 2.75) is 0 Å². The zero-order valence-electron chi connectivity index (χ0n) is 9.34. The minimum atomic E-state index is 0.781. The molecule has 2 heteroatoms. The van der Waals surface area contributed by atoms with Crippen molar-refractivity contribution in [3.63, 3.8) is 0 Å². The van der Waals surface area contributed by atoms with Gasteiger partial charge in [-0.2, -0.15) is 0 Å². The Labute approximate surface area is 106 Å². The van der Waals surface area contributed by atoms with E-state index in [1.807, 2.05) is 66.7 Å². The molecule has 0 bridgehead atoms. The summed E-state index contributed by atoms with van der Waals surface area (Å²) < 4.78 is 0.781. The first-order chi connectivity index (χ1) is 8.36. The van der Waals surface area contributed by atoms with Crippen molar-refractivity contribution in [1.29, 1.82) is 0 Å². The van der Waals surface area contributed by atoms with Crippen molar-refractivity contribution in [3.8, 4) is 0 Å². The Morgan fingerprint density at radius 2 is 1.24 bits per heavy atom. The number of rotatable bonds is 0. The summed E-state index contributed by atoms with van der Waals surface area (Å²) in [7, 11) is 0. The maximum absolute atomic E-state index is 4.98. The van der Waals surface area contributed by atoms with Crippen LogP contribution >= 0.6 is 12.2 Å². The molecule has 0 fully saturated rings. The normalized spacial score (nSPS) is 9.41. The molecule has 1 heterocycles. The third-order valence-corrected chi connectivity index (χ3v) is 2.54. The van der Waals surface area contributed by atoms with Gasteiger partial charge in [-0.3, -0.25) is 0 Å². The summed E-state index contributed by atoms with van der Waals surface area (Å²) in [5.41, 5.74) is 1.10. The Morgan fingerprint density at radius 3 is 1.88 bits per heavy atom. The SMILES string of the molecule is S=c1ccc2ccccc2[nH]1.c1ccccc1. The fourth-order valence-corrected chi connectivity index (χ4v) is 1.66. The lowest BCUT2D eigenvalue weighted by Gasteiger charge is -1.94. The summed E-state index contributed by atoms with van der Waals surface area (Å²) in [5.74, 6) is 0. The van der Waals surface area contributed by atoms with Gasteiger partial charge in [0.25, 0.3) is 0 Å². The van der Waals surface area contributed by atoms with E-state index in [2.05, 4.69) is 11.1 Å². The molecular formula is C15H13NS. The van der Waals surface area contributed by atoms with Gasteiger partial charge in [-0.25, -0.2) is 0 Å². The number of para-hydroxylation sites is 1. The lowest BCUT2D eigenvalue weighted by atomic mass is 10.2. The summed E-state index contributed by atoms with van der Waals surface area (Å²) in [6.45, 7) is 0. The molecule has 0 aliphatic carbocycles. The maximum atomic E-state index is 4.98. The van der Waals surface area contributed by atoms with Gasteiger partial charge in [0.2, 0.25) is 0 Å². The number of aromatic amines is 1. The van der Waals surface area contributed by atoms with Crippen LogP contribution < -0.4 is 0 Å². The average molecular weight is 239 g/mol. The zero-order chi connectivity index (χ0) is 11.9. The number of H-pyrrole nitrogens is 1. The highest BCUT2D eigenvalue weighted by atomic mass is 32.1. The van der Waals surface area contributed by atoms with Gasteiger partial charge in [0.05, 0.1) is 0 Å². The lowest BCUT2D eigenvalue weighted by molar-refractivity contribution is 1.38. The summed E-state index contributed by atoms with van der Waals surface area (Å²) in [6.07, 6.45) is 0. The van der Waals surface area contributed by atoms with E-state index in [9.17, 15) is 0 Å². The van der Waals surface area contributed by atoms with E-state index in [0.717, 1.165) is 10.2 Å². The third-order valence-electron chi connectivity index (χ3n) is 2.30. The number of aromatic nitrogens is 1. The first-order valence-corrected chi connectivity index (χ1v) is 5.85. The summed E-state index contributed by atoms with van der Waals surface area (Å²) >= 11 is 4.98. The van der Waals surface area contributed by atoms with Crippen LogP contribution in [0, 0.1) is 4.64 Å². The standard InChI is InChI=1S/C9H7NS.C6H6/c11-9-6-5-7-3-1-2-4-8(7)10-9;1-2-4-6-5-3-1/h1-6H,(H,10,11);1-6H. The molecule has 0 spiro atoms. The highest BCUT2D eigenvalue weighted by Gasteiger charge is 1.87. The number of benzene rings is 2. The number of pyridine rings is 1. The Kier molecular flexibility index (Phi) is 4.05. The molecule has 1 aromatic heterocycles. The van der Waals surface area contributed by atoms with E-state index >= 15 is 0 Å². The van der Waals surface area contributed by atoms with Crippen LogP contribution in [0.15, 0.2) is 72.8 Å². The van der Waals surface area contributed by atoms with E-state index in [1.165, 1.54) is 5.39 Å². The van der Waals surface area contributed by atoms with Crippen LogP contribution in [0.1, 0.15) is 0 Å². The van der Waals surface area contributed by atoms with Crippen molar-refractivity contribution in [2.75, 3.05) is 0 Å². The third kappa shape index (κ3) is 3.54. The number of hydrogen-bond acceptors (Lipinski definition) is 1. The Hall–Kier alpha value is -1.93. The fraction of sp³-hybridized carbons (Fsp3) is 0. The topological polar surface area (TPSA) is 15.8 Å². The molecular weight excluding hydrogens is 226 g/mol. The first-order valence-electron chi connectivity index (χ1n) is 5.44. The second-order valence-corrected chi connectivity index (χ2v) is 4.00. The predicted molar refractivity (Wildman–Crippen MR) is 75.6 cm³/mol. The monoisotopic (exact) mass is 239 g/mol. The molecule has 1 nitrogen and oxygen atoms in total. The second-order valence-electron chi connectivity index (χ2n) is 3.56. The quantitative estimate of drug-likeness (QED) is 0.567. The molecule has 2 aromatic carbocycles. The molecule has 0 saturated carbocycles. The van der Waals surface area contributed by atoms with Crippen LogP contribution in [-0.2, 0) is 0 Å². The molecule has 0 radical (unpaired) electrons. The first kappa shape index (κ1) is 11.6. The number of hydrogen-bond donors (Lipinski definition) is 1. The van der Waals surface area contributed by atoms with E-state index in [1.54, 1.807) is 0 Å². The van der Waals surface area contributed by atoms with Gasteiger partial charge >= 0.3 is 0 Å². The summed E-state index contributed by atoms with van der Waals surface area (Å²) in [4.78, 5) is 3.10. The highest BCUT2D eigenvalue weighted by Crippen LogP contribution is 2.09. The molecule has 1 N–H and O–H groups in total. The molecule has 17 heavy (non-hydrogen) atoms. The Balaban J connectivity index is 0.000000153. The lowest BCUT2D eigenvalue weighted by Crippen LogP contribution is -1.76. The maximum Gasteiger partial charge on any atom is 0.103 e. The molecule has 84 valence electrons. The van der Waals surface area contributed by atoms with Gasteiger partial charge in [-0.15, -0.1) is 0 Å². The van der Waals surface area contributed by atoms with Gasteiger partial charge in [0, 0.05) is 5.52 Å². The molecule has 0 atom stereocenters. The van der Waals surface area contributed by atoms with Crippen LogP contribution in [-0.4, -0.2) is 4.98 Å². The summed E-state index contributed by atoms with van der Waals surface area (Å²) in [6, 6.07) is 24.0. The predicted octanol–water partition coefficient (Wildman–Crippen LogP) is 4.58. The summed E-state index contributed by atoms with van der Waals surface area (Å²) in [5, 5.41) is 1.20. The Morgan fingerprint density at radius 1 is 0.647 bits per heavy atom. The van der Waals surface area contributed by atoms with Crippen LogP contribution in [0.3, 0.4) is 0 Å². The minimum Gasteiger partial charge on any atom is -0.346 e. The molecule has 0 aliphatic heterocycles. The van der Waals surface area contributed by atoms with Crippen molar-refractivity contribution < 1.29 is 0 Å². The molecule has 0 aliphatic rings. The van der Waals surface area contributed by atoms with E-state index < -0.39 is 0 Å². The van der Waals surface area contributed by atoms with Gasteiger partial charge in [-0.1, -0.05) is 66.8 Å². The number of fused-ring (bicyclic) bond motifs is 1. The van der Waals surface area contributed by atoms with Gasteiger partial charge in [-0.05, 0) is 23.6 Å². The molecule has 3 aromatic rings. The minimum absolute atomic E-state index is 0.781. The smallest absolute Gasteiger partial charge is 0.103 e. The Bertz CT molecular complexity index is 602. The molecule has 3 rings (SSSR count). The van der Waals surface area contributed by atoms with Crippen LogP contribution in [0.4, 0.5) is 0 Å². The van der Waals surface area contributed by atoms with Crippen molar-refractivity contribution in [1.82, 2.24) is 4.98 Å². The van der Waals surface area contributed by atoms with Crippen LogP contribution in [0.5, 0.6) is 0 Å². The molecule has 0 amide bonds. The van der Waals surface area contributed by atoms with Crippen molar-refractivity contribution in [3.05, 3.63) is 77.4 Å². The van der Waals surface area contributed by atoms with Gasteiger partial charge < -0.3 is 4.98 Å². The molecule has 0 unspecified atom stereocenters. The van der Waals surface area contributed by atoms with Crippen LogP contribution in [0.25, 0.3) is 10.9 Å². The van der Waals surface area contributed by atoms with E-state index in [0.29, 0.717) is 0 Å². The van der Waals surface area contributed by atoms with Gasteiger partial charge in [0.1, 0.15) is 4.64 Å². The van der Waals surface area contributed by atoms with E-state index in [-0.39, 0.29) is 0 Å². The van der Waals surface area contributed by atoms with E-state index in [4.69, 9.17) is 12.2 Å². The number of nitrogens with one attached hydrogen (secondary N) is 1.